The maximum Gasteiger partial charge on any atom is 0.410 e. The lowest BCUT2D eigenvalue weighted by Gasteiger charge is -2.35. The van der Waals surface area contributed by atoms with Crippen LogP contribution in [0.25, 0.3) is 11.1 Å². The number of amides is 2. The minimum atomic E-state index is -0.896. The summed E-state index contributed by atoms with van der Waals surface area (Å²) in [4.78, 5) is 28.7. The summed E-state index contributed by atoms with van der Waals surface area (Å²) in [5, 5.41) is 12.4. The standard InChI is InChI=1S/C29H30N2O4/c1-28(2,3)35-27(34)31-16-15-29(23-9-4-5-10-24(23)30-26(29)33)25(31)22-8-6-7-21(17-22)20-13-11-19(18-32)12-14-20/h4-14,17,25,32H,15-16,18H2,1-3H3,(H,30,33)/t25-,29-/m1/s1. The molecule has 2 amide bonds. The number of carbonyl (C=O) groups is 2. The molecule has 2 aliphatic rings. The number of nitrogens with zero attached hydrogens (tertiary/aromatic N) is 1. The molecule has 3 aromatic rings. The lowest BCUT2D eigenvalue weighted by molar-refractivity contribution is -0.121. The topological polar surface area (TPSA) is 78.9 Å². The number of ether oxygens (including phenoxy) is 1. The quantitative estimate of drug-likeness (QED) is 0.536. The number of benzene rings is 3. The van der Waals surface area contributed by atoms with Gasteiger partial charge in [-0.1, -0.05) is 60.7 Å². The summed E-state index contributed by atoms with van der Waals surface area (Å²) in [6.07, 6.45) is 0.0871. The summed E-state index contributed by atoms with van der Waals surface area (Å²) in [6, 6.07) is 23.0. The molecule has 1 saturated heterocycles. The first kappa shape index (κ1) is 23.1. The van der Waals surface area contributed by atoms with Crippen LogP contribution in [0.1, 0.15) is 49.9 Å². The van der Waals surface area contributed by atoms with E-state index in [9.17, 15) is 14.7 Å². The highest BCUT2D eigenvalue weighted by molar-refractivity contribution is 6.07. The van der Waals surface area contributed by atoms with Crippen LogP contribution in [-0.2, 0) is 21.6 Å². The van der Waals surface area contributed by atoms with Crippen LogP contribution < -0.4 is 5.32 Å². The molecule has 5 rings (SSSR count). The Bertz CT molecular complexity index is 1280. The fourth-order valence-electron chi connectivity index (χ4n) is 5.36. The first-order chi connectivity index (χ1) is 16.7. The van der Waals surface area contributed by atoms with Crippen LogP contribution in [0.3, 0.4) is 0 Å². The van der Waals surface area contributed by atoms with Crippen molar-refractivity contribution in [2.45, 2.75) is 50.9 Å². The zero-order chi connectivity index (χ0) is 24.8. The highest BCUT2D eigenvalue weighted by Gasteiger charge is 2.59. The predicted molar refractivity (Wildman–Crippen MR) is 135 cm³/mol. The summed E-state index contributed by atoms with van der Waals surface area (Å²) in [5.41, 5.74) is 3.86. The lowest BCUT2D eigenvalue weighted by atomic mass is 9.72. The van der Waals surface area contributed by atoms with E-state index in [4.69, 9.17) is 4.74 Å². The second-order valence-corrected chi connectivity index (χ2v) is 10.3. The van der Waals surface area contributed by atoms with Gasteiger partial charge in [0.2, 0.25) is 5.91 Å². The van der Waals surface area contributed by atoms with Crippen LogP contribution in [-0.4, -0.2) is 34.2 Å². The molecule has 6 nitrogen and oxygen atoms in total. The Morgan fingerprint density at radius 1 is 1.06 bits per heavy atom. The Hall–Kier alpha value is -3.64. The third kappa shape index (κ3) is 3.98. The molecule has 2 heterocycles. The first-order valence-corrected chi connectivity index (χ1v) is 11.9. The van der Waals surface area contributed by atoms with Gasteiger partial charge in [0.05, 0.1) is 12.6 Å². The van der Waals surface area contributed by atoms with Crippen LogP contribution >= 0.6 is 0 Å². The fourth-order valence-corrected chi connectivity index (χ4v) is 5.36. The second kappa shape index (κ2) is 8.54. The molecule has 3 aromatic carbocycles. The van der Waals surface area contributed by atoms with E-state index in [-0.39, 0.29) is 12.5 Å². The third-order valence-corrected chi connectivity index (χ3v) is 6.89. The molecule has 180 valence electrons. The Balaban J connectivity index is 1.63. The van der Waals surface area contributed by atoms with Gasteiger partial charge in [-0.2, -0.15) is 0 Å². The number of hydrogen-bond donors (Lipinski definition) is 2. The van der Waals surface area contributed by atoms with Crippen molar-refractivity contribution < 1.29 is 19.4 Å². The van der Waals surface area contributed by atoms with E-state index in [0.717, 1.165) is 33.5 Å². The summed E-state index contributed by atoms with van der Waals surface area (Å²) >= 11 is 0. The van der Waals surface area contributed by atoms with Crippen molar-refractivity contribution in [2.75, 3.05) is 11.9 Å². The highest BCUT2D eigenvalue weighted by Crippen LogP contribution is 2.55. The molecule has 1 spiro atoms. The van der Waals surface area contributed by atoms with E-state index in [1.165, 1.54) is 0 Å². The van der Waals surface area contributed by atoms with Gasteiger partial charge in [-0.3, -0.25) is 9.69 Å². The molecule has 0 aromatic heterocycles. The number of nitrogens with one attached hydrogen (secondary N) is 1. The molecular formula is C29H30N2O4. The maximum absolute atomic E-state index is 13.6. The minimum Gasteiger partial charge on any atom is -0.444 e. The number of carbonyl (C=O) groups excluding carboxylic acids is 2. The Morgan fingerprint density at radius 2 is 1.80 bits per heavy atom. The monoisotopic (exact) mass is 470 g/mol. The molecule has 6 heteroatoms. The number of para-hydroxylation sites is 1. The molecule has 0 radical (unpaired) electrons. The number of likely N-dealkylation sites (tertiary alicyclic amines) is 1. The molecular weight excluding hydrogens is 440 g/mol. The number of anilines is 1. The van der Waals surface area contributed by atoms with Gasteiger partial charge in [0.15, 0.2) is 0 Å². The third-order valence-electron chi connectivity index (χ3n) is 6.89. The Morgan fingerprint density at radius 3 is 2.51 bits per heavy atom. The van der Waals surface area contributed by atoms with Gasteiger partial charge < -0.3 is 15.2 Å². The van der Waals surface area contributed by atoms with Crippen LogP contribution in [0.2, 0.25) is 0 Å². The number of rotatable bonds is 3. The second-order valence-electron chi connectivity index (χ2n) is 10.3. The smallest absolute Gasteiger partial charge is 0.410 e. The van der Waals surface area contributed by atoms with E-state index in [0.29, 0.717) is 13.0 Å². The summed E-state index contributed by atoms with van der Waals surface area (Å²) in [5.74, 6) is -0.0903. The number of fused-ring (bicyclic) bond motifs is 2. The SMILES string of the molecule is CC(C)(C)OC(=O)N1CC[C@]2(C(=O)Nc3ccccc32)[C@H]1c1cccc(-c2ccc(CO)cc2)c1. The van der Waals surface area contributed by atoms with E-state index in [2.05, 4.69) is 11.4 Å². The average molecular weight is 471 g/mol. The van der Waals surface area contributed by atoms with Crippen molar-refractivity contribution in [1.82, 2.24) is 4.90 Å². The molecule has 2 aliphatic heterocycles. The maximum atomic E-state index is 13.6. The van der Waals surface area contributed by atoms with Crippen LogP contribution in [0.4, 0.5) is 10.5 Å². The predicted octanol–water partition coefficient (Wildman–Crippen LogP) is 5.42. The van der Waals surface area contributed by atoms with Crippen molar-refractivity contribution in [2.24, 2.45) is 0 Å². The van der Waals surface area contributed by atoms with Crippen molar-refractivity contribution in [3.05, 3.63) is 89.5 Å². The molecule has 1 fully saturated rings. The molecule has 2 N–H and O–H groups in total. The van der Waals surface area contributed by atoms with E-state index < -0.39 is 23.2 Å². The zero-order valence-electron chi connectivity index (χ0n) is 20.2. The summed E-state index contributed by atoms with van der Waals surface area (Å²) < 4.78 is 5.77. The van der Waals surface area contributed by atoms with Gasteiger partial charge in [0, 0.05) is 12.2 Å². The molecule has 0 bridgehead atoms. The van der Waals surface area contributed by atoms with E-state index in [1.54, 1.807) is 4.90 Å². The highest BCUT2D eigenvalue weighted by atomic mass is 16.6. The minimum absolute atomic E-state index is 0.00964. The van der Waals surface area contributed by atoms with Gasteiger partial charge in [-0.05, 0) is 67.1 Å². The number of aliphatic hydroxyl groups excluding tert-OH is 1. The van der Waals surface area contributed by atoms with Crippen LogP contribution in [0.15, 0.2) is 72.8 Å². The number of hydrogen-bond acceptors (Lipinski definition) is 4. The van der Waals surface area contributed by atoms with Crippen LogP contribution in [0.5, 0.6) is 0 Å². The van der Waals surface area contributed by atoms with Crippen molar-refractivity contribution in [3.63, 3.8) is 0 Å². The Kier molecular flexibility index (Phi) is 5.64. The largest absolute Gasteiger partial charge is 0.444 e. The normalized spacial score (nSPS) is 21.2. The fraction of sp³-hybridized carbons (Fsp3) is 0.310. The lowest BCUT2D eigenvalue weighted by Crippen LogP contribution is -2.44. The zero-order valence-corrected chi connectivity index (χ0v) is 20.2. The summed E-state index contributed by atoms with van der Waals surface area (Å²) in [6.45, 7) is 5.95. The van der Waals surface area contributed by atoms with Gasteiger partial charge in [0.25, 0.3) is 0 Å². The molecule has 2 atom stereocenters. The molecule has 0 unspecified atom stereocenters. The Labute approximate surface area is 205 Å². The van der Waals surface area contributed by atoms with Gasteiger partial charge in [0.1, 0.15) is 11.0 Å². The number of aliphatic hydroxyl groups is 1. The van der Waals surface area contributed by atoms with Crippen molar-refractivity contribution >= 4 is 17.7 Å². The van der Waals surface area contributed by atoms with Gasteiger partial charge >= 0.3 is 6.09 Å². The first-order valence-electron chi connectivity index (χ1n) is 11.9. The van der Waals surface area contributed by atoms with Gasteiger partial charge in [-0.25, -0.2) is 4.79 Å². The van der Waals surface area contributed by atoms with Crippen molar-refractivity contribution in [1.29, 1.82) is 0 Å². The molecule has 35 heavy (non-hydrogen) atoms. The molecule has 0 aliphatic carbocycles. The summed E-state index contributed by atoms with van der Waals surface area (Å²) in [7, 11) is 0. The van der Waals surface area contributed by atoms with Crippen molar-refractivity contribution in [3.8, 4) is 11.1 Å². The van der Waals surface area contributed by atoms with Gasteiger partial charge in [-0.15, -0.1) is 0 Å². The molecule has 0 saturated carbocycles. The van der Waals surface area contributed by atoms with E-state index in [1.807, 2.05) is 87.5 Å². The van der Waals surface area contributed by atoms with Crippen LogP contribution in [0, 0.1) is 0 Å². The van der Waals surface area contributed by atoms with E-state index >= 15 is 0 Å². The average Bonchev–Trinajstić information content (AvgIpc) is 3.37.